The predicted octanol–water partition coefficient (Wildman–Crippen LogP) is 2.99. The fraction of sp³-hybridized carbons (Fsp3) is 1.00. The fourth-order valence-electron chi connectivity index (χ4n) is 2.80. The molecule has 0 saturated heterocycles. The van der Waals surface area contributed by atoms with Crippen LogP contribution in [0.15, 0.2) is 0 Å². The van der Waals surface area contributed by atoms with Gasteiger partial charge in [0.1, 0.15) is 0 Å². The Balaban J connectivity index is 2.38. The number of hydrogen-bond donors (Lipinski definition) is 1. The molecule has 0 heterocycles. The third kappa shape index (κ3) is 5.25. The number of ether oxygens (including phenoxy) is 2. The second-order valence-electron chi connectivity index (χ2n) is 5.36. The molecular formula is C15H31NO2. The van der Waals surface area contributed by atoms with Crippen LogP contribution in [0, 0.1) is 5.92 Å². The van der Waals surface area contributed by atoms with Gasteiger partial charge in [-0.05, 0) is 45.1 Å². The van der Waals surface area contributed by atoms with E-state index in [9.17, 15) is 0 Å². The third-order valence-electron chi connectivity index (χ3n) is 4.13. The molecule has 3 nitrogen and oxygen atoms in total. The van der Waals surface area contributed by atoms with Crippen LogP contribution in [0.5, 0.6) is 0 Å². The lowest BCUT2D eigenvalue weighted by Crippen LogP contribution is -2.46. The molecule has 0 unspecified atom stereocenters. The van der Waals surface area contributed by atoms with Gasteiger partial charge in [-0.2, -0.15) is 0 Å². The van der Waals surface area contributed by atoms with E-state index in [0.717, 1.165) is 38.8 Å². The Morgan fingerprint density at radius 2 is 1.83 bits per heavy atom. The highest BCUT2D eigenvalue weighted by Crippen LogP contribution is 2.35. The maximum Gasteiger partial charge on any atom is 0.0807 e. The lowest BCUT2D eigenvalue weighted by atomic mass is 9.77. The molecule has 0 aromatic carbocycles. The van der Waals surface area contributed by atoms with Crippen molar-refractivity contribution in [1.82, 2.24) is 5.32 Å². The molecule has 1 rings (SSSR count). The molecule has 0 amide bonds. The molecule has 0 aromatic heterocycles. The van der Waals surface area contributed by atoms with E-state index >= 15 is 0 Å². The van der Waals surface area contributed by atoms with Crippen molar-refractivity contribution in [3.05, 3.63) is 0 Å². The molecule has 108 valence electrons. The number of likely N-dealkylation sites (N-methyl/N-ethyl adjacent to an activating group) is 1. The first-order valence-electron chi connectivity index (χ1n) is 7.68. The van der Waals surface area contributed by atoms with Crippen molar-refractivity contribution in [2.45, 2.75) is 58.5 Å². The summed E-state index contributed by atoms with van der Waals surface area (Å²) in [5.74, 6) is 0.912. The maximum atomic E-state index is 6.18. The summed E-state index contributed by atoms with van der Waals surface area (Å²) in [5, 5.41) is 3.47. The van der Waals surface area contributed by atoms with Gasteiger partial charge in [0.2, 0.25) is 0 Å². The Hall–Kier alpha value is -0.120. The van der Waals surface area contributed by atoms with Gasteiger partial charge < -0.3 is 14.8 Å². The van der Waals surface area contributed by atoms with Crippen molar-refractivity contribution in [2.24, 2.45) is 5.92 Å². The van der Waals surface area contributed by atoms with E-state index in [-0.39, 0.29) is 5.60 Å². The molecule has 0 aromatic rings. The Bertz CT molecular complexity index is 201. The normalized spacial score (nSPS) is 28.5. The van der Waals surface area contributed by atoms with E-state index in [2.05, 4.69) is 19.2 Å². The summed E-state index contributed by atoms with van der Waals surface area (Å²) in [6, 6.07) is 0. The van der Waals surface area contributed by atoms with E-state index in [1.807, 2.05) is 6.92 Å². The average molecular weight is 257 g/mol. The topological polar surface area (TPSA) is 30.5 Å². The summed E-state index contributed by atoms with van der Waals surface area (Å²) in [6.07, 6.45) is 6.35. The van der Waals surface area contributed by atoms with Crippen LogP contribution in [0.4, 0.5) is 0 Å². The van der Waals surface area contributed by atoms with Crippen LogP contribution < -0.4 is 5.32 Å². The van der Waals surface area contributed by atoms with Crippen molar-refractivity contribution >= 4 is 0 Å². The molecule has 0 bridgehead atoms. The Labute approximate surface area is 113 Å². The van der Waals surface area contributed by atoms with Gasteiger partial charge in [-0.15, -0.1) is 0 Å². The van der Waals surface area contributed by atoms with Crippen LogP contribution in [-0.4, -0.2) is 38.5 Å². The van der Waals surface area contributed by atoms with Gasteiger partial charge in [0.15, 0.2) is 0 Å². The number of nitrogens with one attached hydrogen (secondary N) is 1. The molecule has 0 aliphatic heterocycles. The molecule has 1 aliphatic rings. The highest BCUT2D eigenvalue weighted by atomic mass is 16.5. The molecule has 18 heavy (non-hydrogen) atoms. The van der Waals surface area contributed by atoms with Crippen LogP contribution >= 0.6 is 0 Å². The minimum absolute atomic E-state index is 0.0682. The minimum Gasteiger partial charge on any atom is -0.379 e. The largest absolute Gasteiger partial charge is 0.379 e. The summed E-state index contributed by atoms with van der Waals surface area (Å²) in [4.78, 5) is 0. The van der Waals surface area contributed by atoms with Gasteiger partial charge in [-0.1, -0.05) is 20.3 Å². The Kier molecular flexibility index (Phi) is 7.87. The summed E-state index contributed by atoms with van der Waals surface area (Å²) in [6.45, 7) is 10.7. The Morgan fingerprint density at radius 3 is 2.39 bits per heavy atom. The zero-order valence-electron chi connectivity index (χ0n) is 12.5. The zero-order valence-corrected chi connectivity index (χ0v) is 12.5. The molecule has 0 radical (unpaired) electrons. The predicted molar refractivity (Wildman–Crippen MR) is 76.0 cm³/mol. The highest BCUT2D eigenvalue weighted by molar-refractivity contribution is 4.89. The second-order valence-corrected chi connectivity index (χ2v) is 5.36. The van der Waals surface area contributed by atoms with Crippen LogP contribution in [0.3, 0.4) is 0 Å². The van der Waals surface area contributed by atoms with Crippen molar-refractivity contribution in [1.29, 1.82) is 0 Å². The van der Waals surface area contributed by atoms with Gasteiger partial charge in [0.05, 0.1) is 18.8 Å². The van der Waals surface area contributed by atoms with Crippen LogP contribution in [0.1, 0.15) is 52.9 Å². The van der Waals surface area contributed by atoms with Crippen molar-refractivity contribution < 1.29 is 9.47 Å². The minimum atomic E-state index is 0.0682. The molecule has 0 atom stereocenters. The first-order chi connectivity index (χ1) is 8.76. The van der Waals surface area contributed by atoms with Crippen molar-refractivity contribution in [3.8, 4) is 0 Å². The molecule has 1 fully saturated rings. The van der Waals surface area contributed by atoms with Crippen molar-refractivity contribution in [3.63, 3.8) is 0 Å². The fourth-order valence-corrected chi connectivity index (χ4v) is 2.80. The second kappa shape index (κ2) is 8.89. The van der Waals surface area contributed by atoms with Gasteiger partial charge in [0.25, 0.3) is 0 Å². The summed E-state index contributed by atoms with van der Waals surface area (Å²) >= 11 is 0. The van der Waals surface area contributed by atoms with Gasteiger partial charge >= 0.3 is 0 Å². The van der Waals surface area contributed by atoms with Crippen LogP contribution in [0.2, 0.25) is 0 Å². The quantitative estimate of drug-likeness (QED) is 0.644. The van der Waals surface area contributed by atoms with Crippen LogP contribution in [0.25, 0.3) is 0 Å². The van der Waals surface area contributed by atoms with Gasteiger partial charge in [0, 0.05) is 13.2 Å². The monoisotopic (exact) mass is 257 g/mol. The first kappa shape index (κ1) is 15.9. The molecule has 3 heteroatoms. The molecule has 1 aliphatic carbocycles. The SMILES string of the molecule is CCNCC1(OCCOCC)CCC(CC)CC1. The van der Waals surface area contributed by atoms with E-state index in [4.69, 9.17) is 9.47 Å². The molecule has 1 N–H and O–H groups in total. The zero-order chi connectivity index (χ0) is 13.3. The van der Waals surface area contributed by atoms with E-state index < -0.39 is 0 Å². The smallest absolute Gasteiger partial charge is 0.0807 e. The van der Waals surface area contributed by atoms with Crippen molar-refractivity contribution in [2.75, 3.05) is 32.9 Å². The van der Waals surface area contributed by atoms with Crippen LogP contribution in [-0.2, 0) is 9.47 Å². The molecule has 0 spiro atoms. The van der Waals surface area contributed by atoms with E-state index in [0.29, 0.717) is 0 Å². The summed E-state index contributed by atoms with van der Waals surface area (Å²) < 4.78 is 11.6. The lowest BCUT2D eigenvalue weighted by Gasteiger charge is -2.40. The number of rotatable bonds is 9. The first-order valence-corrected chi connectivity index (χ1v) is 7.68. The molecule has 1 saturated carbocycles. The average Bonchev–Trinajstić information content (AvgIpc) is 2.42. The number of hydrogen-bond acceptors (Lipinski definition) is 3. The maximum absolute atomic E-state index is 6.18. The Morgan fingerprint density at radius 1 is 1.11 bits per heavy atom. The van der Waals surface area contributed by atoms with Gasteiger partial charge in [-0.25, -0.2) is 0 Å². The highest BCUT2D eigenvalue weighted by Gasteiger charge is 2.35. The lowest BCUT2D eigenvalue weighted by molar-refractivity contribution is -0.0918. The van der Waals surface area contributed by atoms with Gasteiger partial charge in [-0.3, -0.25) is 0 Å². The van der Waals surface area contributed by atoms with E-state index in [1.54, 1.807) is 0 Å². The summed E-state index contributed by atoms with van der Waals surface area (Å²) in [5.41, 5.74) is 0.0682. The third-order valence-corrected chi connectivity index (χ3v) is 4.13. The van der Waals surface area contributed by atoms with E-state index in [1.165, 1.54) is 32.1 Å². The molecular weight excluding hydrogens is 226 g/mol. The summed E-state index contributed by atoms with van der Waals surface area (Å²) in [7, 11) is 0. The standard InChI is InChI=1S/C15H31NO2/c1-4-14-7-9-15(10-8-14,13-16-5-2)18-12-11-17-6-3/h14,16H,4-13H2,1-3H3.